The number of rotatable bonds is 6. The Morgan fingerprint density at radius 2 is 1.55 bits per heavy atom. The van der Waals surface area contributed by atoms with Gasteiger partial charge in [0.15, 0.2) is 0 Å². The van der Waals surface area contributed by atoms with E-state index in [1.807, 2.05) is 53.4 Å². The van der Waals surface area contributed by atoms with Crippen molar-refractivity contribution in [3.05, 3.63) is 94.0 Å². The van der Waals surface area contributed by atoms with Gasteiger partial charge in [0.1, 0.15) is 18.8 Å². The van der Waals surface area contributed by atoms with Crippen LogP contribution in [0.25, 0.3) is 11.1 Å². The summed E-state index contributed by atoms with van der Waals surface area (Å²) in [5.74, 6) is -1.03. The number of fused-ring (bicyclic) bond motifs is 5. The molecule has 3 aromatic rings. The standard InChI is InChI=1S/C31H30BrNO5/c32-23-10-6-7-20(15-23)31(38-19-29(34)35)21-8-5-9-22(31)17-33(16-21)30(36)37-18-28-26-13-3-1-11-24(26)25-12-2-4-14-27(25)28/h1-4,6-7,10-15,21-22,28H,5,8-9,16-19H2,(H,34,35). The van der Waals surface area contributed by atoms with Crippen LogP contribution in [0.3, 0.4) is 0 Å². The molecule has 3 aromatic carbocycles. The van der Waals surface area contributed by atoms with Crippen molar-refractivity contribution in [2.75, 3.05) is 26.3 Å². The van der Waals surface area contributed by atoms with E-state index >= 15 is 0 Å². The quantitative estimate of drug-likeness (QED) is 0.366. The molecule has 2 unspecified atom stereocenters. The first-order valence-electron chi connectivity index (χ1n) is 13.2. The van der Waals surface area contributed by atoms with Gasteiger partial charge in [-0.3, -0.25) is 0 Å². The van der Waals surface area contributed by atoms with Crippen molar-refractivity contribution in [1.82, 2.24) is 4.90 Å². The van der Waals surface area contributed by atoms with Gasteiger partial charge in [-0.15, -0.1) is 0 Å². The van der Waals surface area contributed by atoms with E-state index in [-0.39, 0.29) is 37.1 Å². The fourth-order valence-electron chi connectivity index (χ4n) is 6.97. The second-order valence-corrected chi connectivity index (χ2v) is 11.4. The van der Waals surface area contributed by atoms with Gasteiger partial charge in [-0.25, -0.2) is 9.59 Å². The fraction of sp³-hybridized carbons (Fsp3) is 0.355. The smallest absolute Gasteiger partial charge is 0.409 e. The lowest BCUT2D eigenvalue weighted by atomic mass is 9.62. The number of carbonyl (C=O) groups is 2. The first-order valence-corrected chi connectivity index (χ1v) is 14.0. The highest BCUT2D eigenvalue weighted by molar-refractivity contribution is 9.10. The van der Waals surface area contributed by atoms with Gasteiger partial charge in [-0.1, -0.05) is 83.0 Å². The number of benzene rings is 3. The first kappa shape index (κ1) is 25.1. The zero-order valence-corrected chi connectivity index (χ0v) is 22.6. The van der Waals surface area contributed by atoms with Gasteiger partial charge in [0.2, 0.25) is 0 Å². The maximum atomic E-state index is 13.4. The third kappa shape index (κ3) is 4.31. The molecule has 1 heterocycles. The maximum absolute atomic E-state index is 13.4. The van der Waals surface area contributed by atoms with Gasteiger partial charge >= 0.3 is 12.1 Å². The van der Waals surface area contributed by atoms with Crippen LogP contribution in [0, 0.1) is 11.8 Å². The number of likely N-dealkylation sites (tertiary alicyclic amines) is 1. The minimum absolute atomic E-state index is 0.00954. The van der Waals surface area contributed by atoms with Crippen molar-refractivity contribution in [3.8, 4) is 11.1 Å². The van der Waals surface area contributed by atoms with Crippen LogP contribution in [0.4, 0.5) is 4.79 Å². The normalized spacial score (nSPS) is 24.0. The number of carboxylic acid groups (broad SMARTS) is 1. The molecular formula is C31H30BrNO5. The first-order chi connectivity index (χ1) is 18.5. The fourth-order valence-corrected chi connectivity index (χ4v) is 7.37. The predicted molar refractivity (Wildman–Crippen MR) is 147 cm³/mol. The van der Waals surface area contributed by atoms with Gasteiger partial charge in [0, 0.05) is 35.3 Å². The number of carboxylic acids is 1. The zero-order chi connectivity index (χ0) is 26.3. The summed E-state index contributed by atoms with van der Waals surface area (Å²) in [6.45, 7) is 0.855. The van der Waals surface area contributed by atoms with Crippen molar-refractivity contribution < 1.29 is 24.2 Å². The molecule has 1 N–H and O–H groups in total. The molecule has 1 aliphatic heterocycles. The lowest BCUT2D eigenvalue weighted by Crippen LogP contribution is -2.60. The van der Waals surface area contributed by atoms with E-state index in [1.54, 1.807) is 0 Å². The summed E-state index contributed by atoms with van der Waals surface area (Å²) < 4.78 is 13.2. The van der Waals surface area contributed by atoms with E-state index in [2.05, 4.69) is 40.2 Å². The third-order valence-corrected chi connectivity index (χ3v) is 9.00. The number of hydrogen-bond donors (Lipinski definition) is 1. The molecule has 2 fully saturated rings. The molecule has 1 saturated heterocycles. The molecule has 2 aliphatic carbocycles. The highest BCUT2D eigenvalue weighted by Gasteiger charge is 2.55. The van der Waals surface area contributed by atoms with Crippen molar-refractivity contribution in [2.24, 2.45) is 11.8 Å². The van der Waals surface area contributed by atoms with Crippen molar-refractivity contribution in [3.63, 3.8) is 0 Å². The van der Waals surface area contributed by atoms with Crippen molar-refractivity contribution >= 4 is 28.0 Å². The molecule has 38 heavy (non-hydrogen) atoms. The highest BCUT2D eigenvalue weighted by atomic mass is 79.9. The Morgan fingerprint density at radius 3 is 2.16 bits per heavy atom. The number of hydrogen-bond acceptors (Lipinski definition) is 4. The Labute approximate surface area is 230 Å². The average molecular weight is 576 g/mol. The lowest BCUT2D eigenvalue weighted by Gasteiger charge is -2.55. The molecule has 1 amide bonds. The number of nitrogens with zero attached hydrogens (tertiary/aromatic N) is 1. The molecule has 2 bridgehead atoms. The van der Waals surface area contributed by atoms with E-state index in [0.29, 0.717) is 13.1 Å². The summed E-state index contributed by atoms with van der Waals surface area (Å²) in [6, 6.07) is 24.6. The number of carbonyl (C=O) groups excluding carboxylic acids is 1. The van der Waals surface area contributed by atoms with Gasteiger partial charge in [0.25, 0.3) is 0 Å². The molecule has 6 nitrogen and oxygen atoms in total. The Balaban J connectivity index is 1.22. The van der Waals surface area contributed by atoms with Crippen LogP contribution in [0.5, 0.6) is 0 Å². The minimum Gasteiger partial charge on any atom is -0.480 e. The molecule has 7 heteroatoms. The second kappa shape index (κ2) is 10.2. The van der Waals surface area contributed by atoms with E-state index < -0.39 is 11.6 Å². The van der Waals surface area contributed by atoms with Crippen molar-refractivity contribution in [2.45, 2.75) is 30.8 Å². The zero-order valence-electron chi connectivity index (χ0n) is 21.0. The summed E-state index contributed by atoms with van der Waals surface area (Å²) in [7, 11) is 0. The van der Waals surface area contributed by atoms with E-state index in [1.165, 1.54) is 22.3 Å². The van der Waals surface area contributed by atoms with E-state index in [0.717, 1.165) is 29.3 Å². The topological polar surface area (TPSA) is 76.1 Å². The van der Waals surface area contributed by atoms with Crippen LogP contribution in [0.15, 0.2) is 77.3 Å². The summed E-state index contributed by atoms with van der Waals surface area (Å²) in [6.07, 6.45) is 2.43. The highest BCUT2D eigenvalue weighted by Crippen LogP contribution is 2.52. The van der Waals surface area contributed by atoms with Crippen molar-refractivity contribution in [1.29, 1.82) is 0 Å². The maximum Gasteiger partial charge on any atom is 0.409 e. The number of piperidine rings is 1. The molecule has 0 spiro atoms. The predicted octanol–water partition coefficient (Wildman–Crippen LogP) is 6.43. The number of ether oxygens (including phenoxy) is 2. The minimum atomic E-state index is -0.989. The summed E-state index contributed by atoms with van der Waals surface area (Å²) in [5.41, 5.74) is 4.99. The third-order valence-electron chi connectivity index (χ3n) is 8.50. The lowest BCUT2D eigenvalue weighted by molar-refractivity contribution is -0.192. The van der Waals surface area contributed by atoms with Gasteiger partial charge in [0.05, 0.1) is 0 Å². The van der Waals surface area contributed by atoms with Crippen LogP contribution < -0.4 is 0 Å². The van der Waals surface area contributed by atoms with E-state index in [9.17, 15) is 14.7 Å². The molecule has 2 atom stereocenters. The van der Waals surface area contributed by atoms with Crippen LogP contribution in [0.2, 0.25) is 0 Å². The van der Waals surface area contributed by atoms with E-state index in [4.69, 9.17) is 9.47 Å². The number of aliphatic carboxylic acids is 1. The average Bonchev–Trinajstić information content (AvgIpc) is 3.23. The Hall–Kier alpha value is -3.16. The molecule has 0 radical (unpaired) electrons. The van der Waals surface area contributed by atoms with Crippen LogP contribution in [-0.2, 0) is 19.9 Å². The Bertz CT molecular complexity index is 1310. The Kier molecular flexibility index (Phi) is 6.74. The van der Waals surface area contributed by atoms with Crippen LogP contribution in [-0.4, -0.2) is 48.4 Å². The number of amides is 1. The molecule has 0 aromatic heterocycles. The second-order valence-electron chi connectivity index (χ2n) is 10.5. The van der Waals surface area contributed by atoms with Gasteiger partial charge < -0.3 is 19.5 Å². The Morgan fingerprint density at radius 1 is 0.921 bits per heavy atom. The SMILES string of the molecule is O=C(O)COC1(c2cccc(Br)c2)C2CCCC1CN(C(=O)OCC1c3ccccc3-c3ccccc31)C2. The number of halogens is 1. The molecule has 196 valence electrons. The molecule has 3 aliphatic rings. The van der Waals surface area contributed by atoms with Crippen LogP contribution >= 0.6 is 15.9 Å². The summed E-state index contributed by atoms with van der Waals surface area (Å²) >= 11 is 3.57. The van der Waals surface area contributed by atoms with Gasteiger partial charge in [-0.2, -0.15) is 0 Å². The molecule has 6 rings (SSSR count). The summed E-state index contributed by atoms with van der Waals surface area (Å²) in [4.78, 5) is 26.8. The molecule has 1 saturated carbocycles. The largest absolute Gasteiger partial charge is 0.480 e. The molecular weight excluding hydrogens is 546 g/mol. The van der Waals surface area contributed by atoms with Gasteiger partial charge in [-0.05, 0) is 52.8 Å². The van der Waals surface area contributed by atoms with Crippen LogP contribution in [0.1, 0.15) is 41.9 Å². The summed E-state index contributed by atoms with van der Waals surface area (Å²) in [5, 5.41) is 9.46. The monoisotopic (exact) mass is 575 g/mol.